The molecule has 0 saturated carbocycles. The molecule has 0 amide bonds. The molecule has 1 aromatic rings. The fourth-order valence-electron chi connectivity index (χ4n) is 2.47. The van der Waals surface area contributed by atoms with E-state index in [1.54, 1.807) is 18.2 Å². The van der Waals surface area contributed by atoms with Crippen molar-refractivity contribution in [3.8, 4) is 0 Å². The Morgan fingerprint density at radius 2 is 1.14 bits per heavy atom. The first-order chi connectivity index (χ1) is 13.4. The minimum absolute atomic E-state index is 0.100. The van der Waals surface area contributed by atoms with Gasteiger partial charge in [0.15, 0.2) is 0 Å². The highest BCUT2D eigenvalue weighted by molar-refractivity contribution is 5.95. The third-order valence-electron chi connectivity index (χ3n) is 3.91. The zero-order valence-electron chi connectivity index (χ0n) is 15.7. The average Bonchev–Trinajstić information content (AvgIpc) is 2.70. The van der Waals surface area contributed by atoms with Gasteiger partial charge >= 0.3 is 23.9 Å². The molecular formula is C20H26O8. The molecule has 1 aliphatic rings. The van der Waals surface area contributed by atoms with Crippen LogP contribution in [0.5, 0.6) is 0 Å². The molecule has 0 aliphatic carbocycles. The number of carboxylic acid groups (broad SMARTS) is 2. The van der Waals surface area contributed by atoms with Crippen LogP contribution in [0.25, 0.3) is 0 Å². The molecule has 0 saturated heterocycles. The fraction of sp³-hybridized carbons (Fsp3) is 0.500. The van der Waals surface area contributed by atoms with Crippen LogP contribution in [-0.4, -0.2) is 47.3 Å². The number of carboxylic acids is 2. The molecule has 0 radical (unpaired) electrons. The predicted molar refractivity (Wildman–Crippen MR) is 99.2 cm³/mol. The van der Waals surface area contributed by atoms with E-state index in [0.717, 1.165) is 38.5 Å². The Morgan fingerprint density at radius 3 is 1.54 bits per heavy atom. The molecule has 1 aromatic carbocycles. The van der Waals surface area contributed by atoms with Crippen LogP contribution in [0.1, 0.15) is 72.1 Å². The van der Waals surface area contributed by atoms with Crippen molar-refractivity contribution in [3.63, 3.8) is 0 Å². The van der Waals surface area contributed by atoms with Gasteiger partial charge in [0.25, 0.3) is 0 Å². The lowest BCUT2D eigenvalue weighted by Crippen LogP contribution is -2.10. The lowest BCUT2D eigenvalue weighted by molar-refractivity contribution is -0.138. The highest BCUT2D eigenvalue weighted by atomic mass is 16.6. The van der Waals surface area contributed by atoms with Crippen molar-refractivity contribution in [1.29, 1.82) is 0 Å². The highest BCUT2D eigenvalue weighted by Gasteiger charge is 2.15. The van der Waals surface area contributed by atoms with Crippen LogP contribution in [-0.2, 0) is 19.1 Å². The van der Waals surface area contributed by atoms with Crippen molar-refractivity contribution in [2.45, 2.75) is 51.4 Å². The summed E-state index contributed by atoms with van der Waals surface area (Å²) in [6.07, 6.45) is 5.82. The van der Waals surface area contributed by atoms with Crippen LogP contribution in [0.3, 0.4) is 0 Å². The number of unbranched alkanes of at least 4 members (excludes halogenated alkanes) is 5. The summed E-state index contributed by atoms with van der Waals surface area (Å²) in [5, 5.41) is 16.7. The topological polar surface area (TPSA) is 127 Å². The van der Waals surface area contributed by atoms with Gasteiger partial charge in [0.2, 0.25) is 0 Å². The summed E-state index contributed by atoms with van der Waals surface area (Å²) in [5.74, 6) is -2.33. The van der Waals surface area contributed by atoms with Gasteiger partial charge in [-0.15, -0.1) is 0 Å². The molecule has 2 N–H and O–H groups in total. The first-order valence-corrected chi connectivity index (χ1v) is 9.28. The van der Waals surface area contributed by atoms with E-state index in [1.807, 2.05) is 0 Å². The monoisotopic (exact) mass is 394 g/mol. The van der Waals surface area contributed by atoms with E-state index in [9.17, 15) is 19.2 Å². The Morgan fingerprint density at radius 1 is 0.750 bits per heavy atom. The van der Waals surface area contributed by atoms with Gasteiger partial charge in [0.05, 0.1) is 11.1 Å². The van der Waals surface area contributed by atoms with Gasteiger partial charge in [0, 0.05) is 12.8 Å². The van der Waals surface area contributed by atoms with E-state index >= 15 is 0 Å². The lowest BCUT2D eigenvalue weighted by atomic mass is 10.1. The number of hydrogen-bond acceptors (Lipinski definition) is 6. The second-order valence-corrected chi connectivity index (χ2v) is 6.26. The van der Waals surface area contributed by atoms with E-state index in [2.05, 4.69) is 0 Å². The van der Waals surface area contributed by atoms with Crippen molar-refractivity contribution >= 4 is 23.9 Å². The summed E-state index contributed by atoms with van der Waals surface area (Å²) < 4.78 is 9.67. The van der Waals surface area contributed by atoms with Crippen LogP contribution >= 0.6 is 0 Å². The third kappa shape index (κ3) is 10.3. The number of carbonyl (C=O) groups is 4. The summed E-state index contributed by atoms with van der Waals surface area (Å²) >= 11 is 0. The molecule has 2 rings (SSSR count). The number of rotatable bonds is 9. The maximum absolute atomic E-state index is 11.3. The number of aliphatic carboxylic acids is 2. The van der Waals surface area contributed by atoms with E-state index in [-0.39, 0.29) is 26.1 Å². The molecule has 154 valence electrons. The van der Waals surface area contributed by atoms with Crippen molar-refractivity contribution in [2.24, 2.45) is 0 Å². The maximum atomic E-state index is 11.3. The molecule has 1 heterocycles. The SMILES string of the molecule is O=C(O)CCCCCCCCC(=O)O.O=C1OCCOC(=O)c2cccc1c2. The van der Waals surface area contributed by atoms with Crippen molar-refractivity contribution < 1.29 is 38.9 Å². The Labute approximate surface area is 163 Å². The fourth-order valence-corrected chi connectivity index (χ4v) is 2.47. The summed E-state index contributed by atoms with van der Waals surface area (Å²) in [5.41, 5.74) is 0.753. The van der Waals surface area contributed by atoms with Gasteiger partial charge in [0.1, 0.15) is 13.2 Å². The first kappa shape index (κ1) is 23.1. The molecule has 0 unspecified atom stereocenters. The van der Waals surface area contributed by atoms with E-state index < -0.39 is 23.9 Å². The molecule has 0 atom stereocenters. The summed E-state index contributed by atoms with van der Waals surface area (Å²) in [7, 11) is 0. The molecule has 2 bridgehead atoms. The van der Waals surface area contributed by atoms with Gasteiger partial charge in [-0.1, -0.05) is 31.7 Å². The van der Waals surface area contributed by atoms with Gasteiger partial charge in [-0.3, -0.25) is 9.59 Å². The quantitative estimate of drug-likeness (QED) is 0.482. The molecular weight excluding hydrogens is 368 g/mol. The smallest absolute Gasteiger partial charge is 0.338 e. The number of ether oxygens (including phenoxy) is 2. The molecule has 0 aromatic heterocycles. The Balaban J connectivity index is 0.000000280. The van der Waals surface area contributed by atoms with Crippen molar-refractivity contribution in [3.05, 3.63) is 35.4 Å². The average molecular weight is 394 g/mol. The lowest BCUT2D eigenvalue weighted by Gasteiger charge is -2.01. The number of cyclic esters (lactones) is 2. The number of fused-ring (bicyclic) bond motifs is 2. The van der Waals surface area contributed by atoms with Crippen LogP contribution in [0.4, 0.5) is 0 Å². The molecule has 0 spiro atoms. The third-order valence-corrected chi connectivity index (χ3v) is 3.91. The Bertz CT molecular complexity index is 615. The predicted octanol–water partition coefficient (Wildman–Crippen LogP) is 3.29. The van der Waals surface area contributed by atoms with Gasteiger partial charge in [-0.05, 0) is 31.0 Å². The normalized spacial score (nSPS) is 13.0. The summed E-state index contributed by atoms with van der Waals surface area (Å²) in [6.45, 7) is 0.200. The minimum Gasteiger partial charge on any atom is -0.481 e. The minimum atomic E-state index is -0.740. The van der Waals surface area contributed by atoms with Crippen LogP contribution < -0.4 is 0 Å². The Hall–Kier alpha value is -2.90. The number of carbonyl (C=O) groups excluding carboxylic acids is 2. The van der Waals surface area contributed by atoms with Gasteiger partial charge < -0.3 is 19.7 Å². The zero-order chi connectivity index (χ0) is 20.8. The standard InChI is InChI=1S/C10H8O4.C10H18O4/c11-9-7-2-1-3-8(6-7)10(12)14-5-4-13-9;11-9(12)7-5-3-1-2-4-6-8-10(13)14/h1-3,6H,4-5H2;1-8H2,(H,11,12)(H,13,14). The van der Waals surface area contributed by atoms with E-state index in [4.69, 9.17) is 19.7 Å². The summed E-state index contributed by atoms with van der Waals surface area (Å²) in [6, 6.07) is 6.30. The second-order valence-electron chi connectivity index (χ2n) is 6.26. The van der Waals surface area contributed by atoms with E-state index in [0.29, 0.717) is 11.1 Å². The van der Waals surface area contributed by atoms with Crippen LogP contribution in [0.2, 0.25) is 0 Å². The largest absolute Gasteiger partial charge is 0.481 e. The van der Waals surface area contributed by atoms with Crippen LogP contribution in [0, 0.1) is 0 Å². The summed E-state index contributed by atoms with van der Waals surface area (Å²) in [4.78, 5) is 42.9. The zero-order valence-corrected chi connectivity index (χ0v) is 15.7. The van der Waals surface area contributed by atoms with Crippen molar-refractivity contribution in [1.82, 2.24) is 0 Å². The molecule has 8 nitrogen and oxygen atoms in total. The molecule has 1 aliphatic heterocycles. The number of esters is 2. The molecule has 28 heavy (non-hydrogen) atoms. The molecule has 8 heteroatoms. The van der Waals surface area contributed by atoms with Gasteiger partial charge in [-0.25, -0.2) is 9.59 Å². The Kier molecular flexibility index (Phi) is 11.0. The number of hydrogen-bond donors (Lipinski definition) is 2. The maximum Gasteiger partial charge on any atom is 0.338 e. The van der Waals surface area contributed by atoms with E-state index in [1.165, 1.54) is 6.07 Å². The highest BCUT2D eigenvalue weighted by Crippen LogP contribution is 2.10. The molecule has 0 fully saturated rings. The van der Waals surface area contributed by atoms with Gasteiger partial charge in [-0.2, -0.15) is 0 Å². The second kappa shape index (κ2) is 13.3. The van der Waals surface area contributed by atoms with Crippen LogP contribution in [0.15, 0.2) is 24.3 Å². The number of benzene rings is 1. The van der Waals surface area contributed by atoms with Crippen molar-refractivity contribution in [2.75, 3.05) is 13.2 Å². The first-order valence-electron chi connectivity index (χ1n) is 9.28.